The molecule has 112 valence electrons. The van der Waals surface area contributed by atoms with Gasteiger partial charge >= 0.3 is 0 Å². The van der Waals surface area contributed by atoms with Crippen LogP contribution in [0.1, 0.15) is 44.2 Å². The molecule has 0 radical (unpaired) electrons. The average molecular weight is 274 g/mol. The Hall–Kier alpha value is -1.02. The highest BCUT2D eigenvalue weighted by atomic mass is 15.2. The monoisotopic (exact) mass is 274 g/mol. The second-order valence-electron chi connectivity index (χ2n) is 6.94. The van der Waals surface area contributed by atoms with Gasteiger partial charge in [-0.3, -0.25) is 0 Å². The topological polar surface area (TPSA) is 29.3 Å². The van der Waals surface area contributed by atoms with Crippen molar-refractivity contribution in [3.05, 3.63) is 29.3 Å². The van der Waals surface area contributed by atoms with Crippen molar-refractivity contribution in [3.63, 3.8) is 0 Å². The number of nitrogens with zero attached hydrogens (tertiary/aromatic N) is 1. The molecule has 3 unspecified atom stereocenters. The first-order valence-corrected chi connectivity index (χ1v) is 7.92. The molecule has 1 aliphatic rings. The summed E-state index contributed by atoms with van der Waals surface area (Å²) in [6.07, 6.45) is 3.78. The zero-order valence-electron chi connectivity index (χ0n) is 13.7. The quantitative estimate of drug-likeness (QED) is 0.906. The fraction of sp³-hybridized carbons (Fsp3) is 0.667. The molecule has 1 fully saturated rings. The SMILES string of the molecule is Cc1ccc(N(C)C2(CN)CCC(C)CC2C)c(C)c1. The molecule has 0 amide bonds. The van der Waals surface area contributed by atoms with Crippen LogP contribution < -0.4 is 10.6 Å². The van der Waals surface area contributed by atoms with E-state index in [1.807, 2.05) is 0 Å². The molecule has 2 nitrogen and oxygen atoms in total. The van der Waals surface area contributed by atoms with Crippen LogP contribution >= 0.6 is 0 Å². The standard InChI is InChI=1S/C18H30N2/c1-13-6-7-17(15(3)10-13)20(5)18(12-19)9-8-14(2)11-16(18)4/h6-7,10,14,16H,8-9,11-12,19H2,1-5H3. The molecule has 0 bridgehead atoms. The van der Waals surface area contributed by atoms with Crippen molar-refractivity contribution in [2.45, 2.75) is 52.5 Å². The molecule has 0 aromatic heterocycles. The van der Waals surface area contributed by atoms with Crippen LogP contribution in [0.5, 0.6) is 0 Å². The third kappa shape index (κ3) is 2.58. The lowest BCUT2D eigenvalue weighted by Crippen LogP contribution is -2.59. The van der Waals surface area contributed by atoms with Crippen molar-refractivity contribution in [1.82, 2.24) is 0 Å². The van der Waals surface area contributed by atoms with Crippen LogP contribution in [0.15, 0.2) is 18.2 Å². The van der Waals surface area contributed by atoms with E-state index < -0.39 is 0 Å². The zero-order chi connectivity index (χ0) is 14.9. The van der Waals surface area contributed by atoms with Crippen molar-refractivity contribution in [1.29, 1.82) is 0 Å². The van der Waals surface area contributed by atoms with Gasteiger partial charge in [-0.05, 0) is 56.6 Å². The number of hydrogen-bond donors (Lipinski definition) is 1. The Morgan fingerprint density at radius 2 is 2.00 bits per heavy atom. The Morgan fingerprint density at radius 3 is 2.55 bits per heavy atom. The second kappa shape index (κ2) is 5.77. The molecule has 3 atom stereocenters. The summed E-state index contributed by atoms with van der Waals surface area (Å²) >= 11 is 0. The first kappa shape index (κ1) is 15.4. The van der Waals surface area contributed by atoms with E-state index in [2.05, 4.69) is 57.8 Å². The fourth-order valence-electron chi connectivity index (χ4n) is 4.04. The lowest BCUT2D eigenvalue weighted by Gasteiger charge is -2.51. The summed E-state index contributed by atoms with van der Waals surface area (Å²) in [6, 6.07) is 6.73. The molecule has 1 aromatic rings. The van der Waals surface area contributed by atoms with Crippen molar-refractivity contribution in [2.24, 2.45) is 17.6 Å². The van der Waals surface area contributed by atoms with Gasteiger partial charge < -0.3 is 10.6 Å². The number of nitrogens with two attached hydrogens (primary N) is 1. The molecule has 2 rings (SSSR count). The smallest absolute Gasteiger partial charge is 0.0546 e. The highest BCUT2D eigenvalue weighted by Gasteiger charge is 2.42. The predicted molar refractivity (Wildman–Crippen MR) is 88.3 cm³/mol. The number of hydrogen-bond acceptors (Lipinski definition) is 2. The summed E-state index contributed by atoms with van der Waals surface area (Å²) in [5.41, 5.74) is 10.4. The van der Waals surface area contributed by atoms with E-state index >= 15 is 0 Å². The van der Waals surface area contributed by atoms with Gasteiger partial charge in [0.15, 0.2) is 0 Å². The maximum absolute atomic E-state index is 6.25. The normalized spacial score (nSPS) is 30.3. The largest absolute Gasteiger partial charge is 0.367 e. The third-order valence-corrected chi connectivity index (χ3v) is 5.48. The fourth-order valence-corrected chi connectivity index (χ4v) is 4.04. The number of benzene rings is 1. The van der Waals surface area contributed by atoms with Gasteiger partial charge in [-0.25, -0.2) is 0 Å². The molecule has 0 spiro atoms. The van der Waals surface area contributed by atoms with Crippen LogP contribution in [0.4, 0.5) is 5.69 Å². The molecule has 1 aromatic carbocycles. The summed E-state index contributed by atoms with van der Waals surface area (Å²) in [5, 5.41) is 0. The molecule has 1 saturated carbocycles. The van der Waals surface area contributed by atoms with Crippen molar-refractivity contribution in [2.75, 3.05) is 18.5 Å². The molecule has 20 heavy (non-hydrogen) atoms. The minimum Gasteiger partial charge on any atom is -0.367 e. The van der Waals surface area contributed by atoms with Gasteiger partial charge in [0.25, 0.3) is 0 Å². The van der Waals surface area contributed by atoms with E-state index in [1.54, 1.807) is 0 Å². The molecule has 1 aliphatic carbocycles. The summed E-state index contributed by atoms with van der Waals surface area (Å²) in [5.74, 6) is 1.47. The first-order chi connectivity index (χ1) is 9.40. The van der Waals surface area contributed by atoms with Gasteiger partial charge in [0.2, 0.25) is 0 Å². The summed E-state index contributed by atoms with van der Waals surface area (Å²) in [6.45, 7) is 9.85. The number of aryl methyl sites for hydroxylation is 2. The van der Waals surface area contributed by atoms with E-state index in [-0.39, 0.29) is 5.54 Å². The minimum absolute atomic E-state index is 0.118. The number of anilines is 1. The Balaban J connectivity index is 2.35. The highest BCUT2D eigenvalue weighted by Crippen LogP contribution is 2.42. The lowest BCUT2D eigenvalue weighted by molar-refractivity contribution is 0.164. The summed E-state index contributed by atoms with van der Waals surface area (Å²) in [7, 11) is 2.23. The van der Waals surface area contributed by atoms with Gasteiger partial charge in [0, 0.05) is 19.3 Å². The Morgan fingerprint density at radius 1 is 1.30 bits per heavy atom. The van der Waals surface area contributed by atoms with Crippen LogP contribution in [0.2, 0.25) is 0 Å². The van der Waals surface area contributed by atoms with Crippen LogP contribution in [-0.2, 0) is 0 Å². The molecule has 0 aliphatic heterocycles. The van der Waals surface area contributed by atoms with Crippen molar-refractivity contribution >= 4 is 5.69 Å². The van der Waals surface area contributed by atoms with Gasteiger partial charge in [-0.15, -0.1) is 0 Å². The molecular formula is C18H30N2. The van der Waals surface area contributed by atoms with E-state index in [0.717, 1.165) is 12.5 Å². The molecular weight excluding hydrogens is 244 g/mol. The maximum atomic E-state index is 6.25. The van der Waals surface area contributed by atoms with Crippen LogP contribution in [0.3, 0.4) is 0 Å². The second-order valence-corrected chi connectivity index (χ2v) is 6.94. The highest BCUT2D eigenvalue weighted by molar-refractivity contribution is 5.56. The van der Waals surface area contributed by atoms with E-state index in [1.165, 1.54) is 36.1 Å². The van der Waals surface area contributed by atoms with Crippen LogP contribution in [0, 0.1) is 25.7 Å². The van der Waals surface area contributed by atoms with Gasteiger partial charge in [0.1, 0.15) is 0 Å². The van der Waals surface area contributed by atoms with Gasteiger partial charge in [-0.2, -0.15) is 0 Å². The van der Waals surface area contributed by atoms with Gasteiger partial charge in [-0.1, -0.05) is 31.5 Å². The van der Waals surface area contributed by atoms with Crippen molar-refractivity contribution < 1.29 is 0 Å². The predicted octanol–water partition coefficient (Wildman–Crippen LogP) is 3.89. The van der Waals surface area contributed by atoms with Crippen LogP contribution in [0.25, 0.3) is 0 Å². The molecule has 0 saturated heterocycles. The van der Waals surface area contributed by atoms with Crippen LogP contribution in [-0.4, -0.2) is 19.1 Å². The Kier molecular flexibility index (Phi) is 4.43. The lowest BCUT2D eigenvalue weighted by atomic mass is 9.69. The third-order valence-electron chi connectivity index (χ3n) is 5.48. The number of likely N-dealkylation sites (N-methyl/N-ethyl adjacent to an activating group) is 1. The van der Waals surface area contributed by atoms with Gasteiger partial charge in [0.05, 0.1) is 5.54 Å². The molecule has 0 heterocycles. The summed E-state index contributed by atoms with van der Waals surface area (Å²) in [4.78, 5) is 2.47. The molecule has 2 heteroatoms. The van der Waals surface area contributed by atoms with Crippen molar-refractivity contribution in [3.8, 4) is 0 Å². The van der Waals surface area contributed by atoms with E-state index in [0.29, 0.717) is 5.92 Å². The Bertz CT molecular complexity index is 468. The van der Waals surface area contributed by atoms with E-state index in [9.17, 15) is 0 Å². The van der Waals surface area contributed by atoms with E-state index in [4.69, 9.17) is 5.73 Å². The maximum Gasteiger partial charge on any atom is 0.0546 e. The molecule has 2 N–H and O–H groups in total. The Labute approximate surface area is 124 Å². The average Bonchev–Trinajstić information content (AvgIpc) is 2.39. The first-order valence-electron chi connectivity index (χ1n) is 7.92. The minimum atomic E-state index is 0.118. The number of rotatable bonds is 3. The zero-order valence-corrected chi connectivity index (χ0v) is 13.7. The summed E-state index contributed by atoms with van der Waals surface area (Å²) < 4.78 is 0.